The Kier molecular flexibility index (Phi) is 5.67. The highest BCUT2D eigenvalue weighted by atomic mass is 32.2. The molecule has 2 N–H and O–H groups in total. The first-order chi connectivity index (χ1) is 16.0. The van der Waals surface area contributed by atoms with E-state index in [2.05, 4.69) is 31.6 Å². The van der Waals surface area contributed by atoms with E-state index >= 15 is 0 Å². The fraction of sp³-hybridized carbons (Fsp3) is 0.318. The lowest BCUT2D eigenvalue weighted by Crippen LogP contribution is -2.48. The lowest BCUT2D eigenvalue weighted by Gasteiger charge is -2.22. The Labute approximate surface area is 198 Å². The molecule has 9 nitrogen and oxygen atoms in total. The van der Waals surface area contributed by atoms with Gasteiger partial charge in [0.25, 0.3) is 5.91 Å². The Balaban J connectivity index is 1.24. The van der Waals surface area contributed by atoms with Gasteiger partial charge in [-0.2, -0.15) is 5.01 Å². The van der Waals surface area contributed by atoms with Crippen LogP contribution in [0, 0.1) is 0 Å². The van der Waals surface area contributed by atoms with Gasteiger partial charge in [0.2, 0.25) is 5.91 Å². The van der Waals surface area contributed by atoms with Crippen LogP contribution in [0.15, 0.2) is 53.0 Å². The van der Waals surface area contributed by atoms with E-state index in [9.17, 15) is 14.4 Å². The molecule has 1 saturated heterocycles. The molecular weight excluding hydrogens is 460 g/mol. The average molecular weight is 483 g/mol. The van der Waals surface area contributed by atoms with E-state index in [1.165, 1.54) is 16.6 Å². The first-order valence-corrected chi connectivity index (χ1v) is 12.4. The molecule has 11 heteroatoms. The molecule has 1 atom stereocenters. The highest BCUT2D eigenvalue weighted by Crippen LogP contribution is 2.39. The molecule has 1 aliphatic heterocycles. The molecule has 1 aliphatic carbocycles. The maximum Gasteiger partial charge on any atom is 0.344 e. The van der Waals surface area contributed by atoms with Crippen molar-refractivity contribution in [2.45, 2.75) is 42.9 Å². The van der Waals surface area contributed by atoms with Crippen molar-refractivity contribution in [1.82, 2.24) is 30.5 Å². The number of nitrogens with zero attached hydrogens (tertiary/aromatic N) is 4. The number of thiophene rings is 1. The van der Waals surface area contributed by atoms with Gasteiger partial charge in [-0.3, -0.25) is 15.0 Å². The van der Waals surface area contributed by atoms with Gasteiger partial charge in [0, 0.05) is 17.3 Å². The third-order valence-electron chi connectivity index (χ3n) is 5.67. The van der Waals surface area contributed by atoms with Crippen molar-refractivity contribution in [3.8, 4) is 0 Å². The van der Waals surface area contributed by atoms with E-state index in [1.54, 1.807) is 42.5 Å². The van der Waals surface area contributed by atoms with Crippen molar-refractivity contribution < 1.29 is 14.4 Å². The molecule has 1 aromatic carbocycles. The van der Waals surface area contributed by atoms with Gasteiger partial charge in [-0.05, 0) is 36.8 Å². The van der Waals surface area contributed by atoms with Gasteiger partial charge in [-0.1, -0.05) is 48.2 Å². The summed E-state index contributed by atoms with van der Waals surface area (Å²) in [7, 11) is 0. The number of hydrazine groups is 1. The number of aromatic nitrogens is 3. The van der Waals surface area contributed by atoms with Gasteiger partial charge >= 0.3 is 6.03 Å². The van der Waals surface area contributed by atoms with Gasteiger partial charge < -0.3 is 9.88 Å². The molecule has 3 heterocycles. The monoisotopic (exact) mass is 482 g/mol. The minimum atomic E-state index is -1.23. The van der Waals surface area contributed by atoms with E-state index in [4.69, 9.17) is 0 Å². The SMILES string of the molecule is C[C@]1(c2ccccc2)NC(=O)N(NC(=O)CSc2nnc(Cc3cccs3)n2C2CC2)C1=O. The largest absolute Gasteiger partial charge is 0.344 e. The van der Waals surface area contributed by atoms with Crippen molar-refractivity contribution in [3.63, 3.8) is 0 Å². The van der Waals surface area contributed by atoms with E-state index < -0.39 is 23.4 Å². The number of thioether (sulfide) groups is 1. The number of rotatable bonds is 8. The normalized spacial score (nSPS) is 20.2. The van der Waals surface area contributed by atoms with Gasteiger partial charge in [-0.15, -0.1) is 21.5 Å². The second-order valence-corrected chi connectivity index (χ2v) is 10.1. The van der Waals surface area contributed by atoms with Crippen LogP contribution >= 0.6 is 23.1 Å². The number of carbonyl (C=O) groups is 3. The van der Waals surface area contributed by atoms with Crippen LogP contribution in [-0.2, 0) is 21.5 Å². The highest BCUT2D eigenvalue weighted by Gasteiger charge is 2.50. The molecule has 0 unspecified atom stereocenters. The summed E-state index contributed by atoms with van der Waals surface area (Å²) in [6, 6.07) is 12.7. The third kappa shape index (κ3) is 4.25. The molecule has 0 spiro atoms. The van der Waals surface area contributed by atoms with Crippen molar-refractivity contribution >= 4 is 40.9 Å². The number of amides is 4. The van der Waals surface area contributed by atoms with E-state index in [0.29, 0.717) is 23.2 Å². The number of benzene rings is 1. The Morgan fingerprint density at radius 2 is 2.00 bits per heavy atom. The topological polar surface area (TPSA) is 109 Å². The van der Waals surface area contributed by atoms with Crippen LogP contribution in [0.1, 0.15) is 42.1 Å². The molecular formula is C22H22N6O3S2. The molecule has 3 aromatic rings. The molecule has 33 heavy (non-hydrogen) atoms. The number of hydrogen-bond donors (Lipinski definition) is 2. The highest BCUT2D eigenvalue weighted by molar-refractivity contribution is 7.99. The Bertz CT molecular complexity index is 1190. The number of hydrogen-bond acceptors (Lipinski definition) is 7. The predicted octanol–water partition coefficient (Wildman–Crippen LogP) is 2.86. The molecule has 2 fully saturated rings. The number of imide groups is 1. The van der Waals surface area contributed by atoms with E-state index in [0.717, 1.165) is 23.7 Å². The van der Waals surface area contributed by atoms with E-state index in [1.807, 2.05) is 17.5 Å². The van der Waals surface area contributed by atoms with E-state index in [-0.39, 0.29) is 5.75 Å². The maximum atomic E-state index is 12.9. The van der Waals surface area contributed by atoms with Crippen LogP contribution in [0.4, 0.5) is 4.79 Å². The van der Waals surface area contributed by atoms with Crippen molar-refractivity contribution in [2.24, 2.45) is 0 Å². The Hall–Kier alpha value is -3.18. The Morgan fingerprint density at radius 3 is 2.70 bits per heavy atom. The quantitative estimate of drug-likeness (QED) is 0.378. The fourth-order valence-corrected chi connectivity index (χ4v) is 5.31. The zero-order valence-electron chi connectivity index (χ0n) is 17.9. The van der Waals surface area contributed by atoms with Crippen molar-refractivity contribution in [2.75, 3.05) is 5.75 Å². The van der Waals surface area contributed by atoms with Gasteiger partial charge in [0.15, 0.2) is 5.16 Å². The van der Waals surface area contributed by atoms with Crippen molar-refractivity contribution in [1.29, 1.82) is 0 Å². The number of carbonyl (C=O) groups excluding carboxylic acids is 3. The second kappa shape index (κ2) is 8.64. The zero-order valence-corrected chi connectivity index (χ0v) is 19.5. The first kappa shape index (κ1) is 21.7. The lowest BCUT2D eigenvalue weighted by molar-refractivity contribution is -0.138. The second-order valence-electron chi connectivity index (χ2n) is 8.14. The molecule has 0 radical (unpaired) electrons. The molecule has 1 saturated carbocycles. The van der Waals surface area contributed by atoms with Gasteiger partial charge in [0.1, 0.15) is 11.4 Å². The molecule has 0 bridgehead atoms. The minimum Gasteiger partial charge on any atom is -0.318 e. The van der Waals surface area contributed by atoms with Crippen LogP contribution in [0.3, 0.4) is 0 Å². The zero-order chi connectivity index (χ0) is 23.0. The van der Waals surface area contributed by atoms with Crippen LogP contribution < -0.4 is 10.7 Å². The predicted molar refractivity (Wildman–Crippen MR) is 123 cm³/mol. The van der Waals surface area contributed by atoms with Gasteiger partial charge in [-0.25, -0.2) is 4.79 Å². The smallest absolute Gasteiger partial charge is 0.318 e. The average Bonchev–Trinajstić information content (AvgIpc) is 3.28. The molecule has 2 aromatic heterocycles. The summed E-state index contributed by atoms with van der Waals surface area (Å²) >= 11 is 2.93. The van der Waals surface area contributed by atoms with Crippen LogP contribution in [0.5, 0.6) is 0 Å². The number of nitrogens with one attached hydrogen (secondary N) is 2. The maximum absolute atomic E-state index is 12.9. The summed E-state index contributed by atoms with van der Waals surface area (Å²) in [5.74, 6) is -0.110. The summed E-state index contributed by atoms with van der Waals surface area (Å²) in [6.45, 7) is 1.62. The lowest BCUT2D eigenvalue weighted by atomic mass is 9.92. The fourth-order valence-electron chi connectivity index (χ4n) is 3.79. The van der Waals surface area contributed by atoms with Crippen LogP contribution in [-0.4, -0.2) is 43.4 Å². The first-order valence-electron chi connectivity index (χ1n) is 10.6. The summed E-state index contributed by atoms with van der Waals surface area (Å²) in [5.41, 5.74) is 1.85. The number of urea groups is 1. The van der Waals surface area contributed by atoms with Crippen LogP contribution in [0.25, 0.3) is 0 Å². The van der Waals surface area contributed by atoms with Gasteiger partial charge in [0.05, 0.1) is 5.75 Å². The molecule has 5 rings (SSSR count). The van der Waals surface area contributed by atoms with Crippen molar-refractivity contribution in [3.05, 3.63) is 64.1 Å². The van der Waals surface area contributed by atoms with Crippen LogP contribution in [0.2, 0.25) is 0 Å². The molecule has 4 amide bonds. The third-order valence-corrected chi connectivity index (χ3v) is 7.49. The summed E-state index contributed by atoms with van der Waals surface area (Å²) in [6.07, 6.45) is 2.83. The summed E-state index contributed by atoms with van der Waals surface area (Å²) < 4.78 is 2.11. The minimum absolute atomic E-state index is 0.00294. The molecule has 2 aliphatic rings. The molecule has 170 valence electrons. The summed E-state index contributed by atoms with van der Waals surface area (Å²) in [5, 5.41) is 14.8. The Morgan fingerprint density at radius 1 is 1.21 bits per heavy atom. The standard InChI is InChI=1S/C22H22N6O3S2/c1-22(14-6-3-2-4-7-14)19(30)28(20(31)23-22)26-18(29)13-33-21-25-24-17(27(21)15-9-10-15)12-16-8-5-11-32-16/h2-8,11,15H,9-10,12-13H2,1H3,(H,23,31)(H,26,29)/t22-/m1/s1. The summed E-state index contributed by atoms with van der Waals surface area (Å²) in [4.78, 5) is 39.2.